The number of aryl methyl sites for hydroxylation is 1. The van der Waals surface area contributed by atoms with Gasteiger partial charge in [0.1, 0.15) is 6.61 Å². The Morgan fingerprint density at radius 1 is 1.09 bits per heavy atom. The van der Waals surface area contributed by atoms with Crippen LogP contribution in [0.5, 0.6) is 0 Å². The van der Waals surface area contributed by atoms with Crippen LogP contribution >= 0.6 is 11.3 Å². The van der Waals surface area contributed by atoms with Crippen LogP contribution in [-0.2, 0) is 11.3 Å². The maximum atomic E-state index is 12.4. The molecular formula is C23H16N4O4S. The normalized spacial score (nSPS) is 11.0. The molecule has 0 fully saturated rings. The molecule has 3 heterocycles. The molecular weight excluding hydrogens is 428 g/mol. The molecule has 0 amide bonds. The summed E-state index contributed by atoms with van der Waals surface area (Å²) in [4.78, 5) is 29.3. The third kappa shape index (κ3) is 3.81. The molecule has 0 atom stereocenters. The van der Waals surface area contributed by atoms with E-state index in [1.807, 2.05) is 31.2 Å². The zero-order valence-corrected chi connectivity index (χ0v) is 17.7. The Bertz CT molecular complexity index is 1480. The standard InChI is InChI=1S/C23H16N4O4S/c1-14-4-2-3-5-18(14)21-26-25-20(31-21)15-6-8-16(9-7-15)22(29)30-13-17-12-19(28)27-10-11-32-23(27)24-17/h2-12H,13H2,1H3. The summed E-state index contributed by atoms with van der Waals surface area (Å²) in [6, 6.07) is 15.8. The third-order valence-corrected chi connectivity index (χ3v) is 5.63. The molecule has 0 aliphatic carbocycles. The van der Waals surface area contributed by atoms with Crippen LogP contribution in [0.1, 0.15) is 21.6 Å². The van der Waals surface area contributed by atoms with E-state index in [4.69, 9.17) is 9.15 Å². The van der Waals surface area contributed by atoms with Crippen LogP contribution in [0, 0.1) is 6.92 Å². The molecule has 0 spiro atoms. The zero-order chi connectivity index (χ0) is 22.1. The Morgan fingerprint density at radius 3 is 2.69 bits per heavy atom. The zero-order valence-electron chi connectivity index (χ0n) is 16.9. The molecule has 5 aromatic rings. The lowest BCUT2D eigenvalue weighted by Crippen LogP contribution is -2.14. The highest BCUT2D eigenvalue weighted by molar-refractivity contribution is 7.15. The van der Waals surface area contributed by atoms with Crippen molar-refractivity contribution < 1.29 is 13.9 Å². The van der Waals surface area contributed by atoms with Crippen molar-refractivity contribution in [3.8, 4) is 22.9 Å². The molecule has 8 nitrogen and oxygen atoms in total. The predicted octanol–water partition coefficient (Wildman–Crippen LogP) is 4.14. The molecule has 0 bridgehead atoms. The summed E-state index contributed by atoms with van der Waals surface area (Å²) in [5.74, 6) is 0.278. The van der Waals surface area contributed by atoms with E-state index in [1.54, 1.807) is 35.8 Å². The van der Waals surface area contributed by atoms with Gasteiger partial charge in [-0.3, -0.25) is 9.20 Å². The minimum Gasteiger partial charge on any atom is -0.456 e. The van der Waals surface area contributed by atoms with Crippen molar-refractivity contribution in [1.29, 1.82) is 0 Å². The lowest BCUT2D eigenvalue weighted by molar-refractivity contribution is 0.0468. The Morgan fingerprint density at radius 2 is 1.88 bits per heavy atom. The van der Waals surface area contributed by atoms with Crippen molar-refractivity contribution in [2.45, 2.75) is 13.5 Å². The van der Waals surface area contributed by atoms with E-state index in [-0.39, 0.29) is 12.2 Å². The average Bonchev–Trinajstić information content (AvgIpc) is 3.48. The van der Waals surface area contributed by atoms with E-state index in [2.05, 4.69) is 15.2 Å². The summed E-state index contributed by atoms with van der Waals surface area (Å²) >= 11 is 1.34. The van der Waals surface area contributed by atoms with Gasteiger partial charge in [0.25, 0.3) is 5.56 Å². The first kappa shape index (κ1) is 19.8. The molecule has 5 rings (SSSR count). The van der Waals surface area contributed by atoms with Gasteiger partial charge in [-0.15, -0.1) is 21.5 Å². The van der Waals surface area contributed by atoms with Crippen LogP contribution in [0.2, 0.25) is 0 Å². The summed E-state index contributed by atoms with van der Waals surface area (Å²) in [6.45, 7) is 1.89. The SMILES string of the molecule is Cc1ccccc1-c1nnc(-c2ccc(C(=O)OCc3cc(=O)n4ccsc4n3)cc2)o1. The second-order valence-electron chi connectivity index (χ2n) is 7.02. The lowest BCUT2D eigenvalue weighted by Gasteiger charge is -2.05. The first-order chi connectivity index (χ1) is 15.6. The number of nitrogens with zero attached hydrogens (tertiary/aromatic N) is 4. The summed E-state index contributed by atoms with van der Waals surface area (Å²) in [6.07, 6.45) is 1.65. The van der Waals surface area contributed by atoms with Crippen LogP contribution in [-0.4, -0.2) is 25.6 Å². The highest BCUT2D eigenvalue weighted by atomic mass is 32.1. The van der Waals surface area contributed by atoms with E-state index >= 15 is 0 Å². The Labute approximate surface area is 185 Å². The van der Waals surface area contributed by atoms with Gasteiger partial charge in [-0.2, -0.15) is 0 Å². The van der Waals surface area contributed by atoms with Gasteiger partial charge in [-0.05, 0) is 42.8 Å². The number of hydrogen-bond donors (Lipinski definition) is 0. The maximum absolute atomic E-state index is 12.4. The van der Waals surface area contributed by atoms with Crippen molar-refractivity contribution in [1.82, 2.24) is 19.6 Å². The van der Waals surface area contributed by atoms with Gasteiger partial charge in [-0.25, -0.2) is 9.78 Å². The van der Waals surface area contributed by atoms with Crippen molar-refractivity contribution in [2.75, 3.05) is 0 Å². The van der Waals surface area contributed by atoms with Gasteiger partial charge in [0.2, 0.25) is 11.8 Å². The van der Waals surface area contributed by atoms with Gasteiger partial charge >= 0.3 is 5.97 Å². The fraction of sp³-hybridized carbons (Fsp3) is 0.0870. The molecule has 0 saturated carbocycles. The topological polar surface area (TPSA) is 99.6 Å². The first-order valence-electron chi connectivity index (χ1n) is 9.71. The fourth-order valence-electron chi connectivity index (χ4n) is 3.20. The van der Waals surface area contributed by atoms with E-state index in [0.717, 1.165) is 11.1 Å². The first-order valence-corrected chi connectivity index (χ1v) is 10.6. The monoisotopic (exact) mass is 444 g/mol. The van der Waals surface area contributed by atoms with Crippen molar-refractivity contribution in [3.63, 3.8) is 0 Å². The van der Waals surface area contributed by atoms with Gasteiger partial charge in [0.05, 0.1) is 11.3 Å². The van der Waals surface area contributed by atoms with E-state index in [1.165, 1.54) is 21.8 Å². The number of thiazole rings is 1. The van der Waals surface area contributed by atoms with Crippen LogP contribution in [0.15, 0.2) is 75.4 Å². The van der Waals surface area contributed by atoms with Gasteiger partial charge < -0.3 is 9.15 Å². The van der Waals surface area contributed by atoms with E-state index < -0.39 is 5.97 Å². The summed E-state index contributed by atoms with van der Waals surface area (Å²) in [7, 11) is 0. The second-order valence-corrected chi connectivity index (χ2v) is 7.90. The smallest absolute Gasteiger partial charge is 0.338 e. The highest BCUT2D eigenvalue weighted by Gasteiger charge is 2.14. The van der Waals surface area contributed by atoms with Crippen molar-refractivity contribution >= 4 is 22.3 Å². The number of esters is 1. The molecule has 0 aliphatic rings. The lowest BCUT2D eigenvalue weighted by atomic mass is 10.1. The Kier molecular flexibility index (Phi) is 5.08. The van der Waals surface area contributed by atoms with E-state index in [0.29, 0.717) is 33.6 Å². The molecule has 9 heteroatoms. The van der Waals surface area contributed by atoms with Crippen LogP contribution in [0.25, 0.3) is 27.9 Å². The molecule has 0 aliphatic heterocycles. The van der Waals surface area contributed by atoms with Gasteiger partial charge in [-0.1, -0.05) is 18.2 Å². The van der Waals surface area contributed by atoms with Crippen LogP contribution in [0.3, 0.4) is 0 Å². The molecule has 0 radical (unpaired) electrons. The number of carbonyl (C=O) groups is 1. The summed E-state index contributed by atoms with van der Waals surface area (Å²) in [5.41, 5.74) is 3.15. The van der Waals surface area contributed by atoms with Gasteiger partial charge in [0.15, 0.2) is 4.96 Å². The molecule has 2 aromatic carbocycles. The number of hydrogen-bond acceptors (Lipinski definition) is 8. The molecule has 32 heavy (non-hydrogen) atoms. The fourth-order valence-corrected chi connectivity index (χ4v) is 3.93. The molecule has 0 N–H and O–H groups in total. The quantitative estimate of drug-likeness (QED) is 0.376. The van der Waals surface area contributed by atoms with Crippen LogP contribution in [0.4, 0.5) is 0 Å². The number of carbonyl (C=O) groups excluding carboxylic acids is 1. The molecule has 3 aromatic heterocycles. The maximum Gasteiger partial charge on any atom is 0.338 e. The number of ether oxygens (including phenoxy) is 1. The summed E-state index contributed by atoms with van der Waals surface area (Å²) in [5, 5.41) is 10.0. The Hall–Kier alpha value is -4.11. The van der Waals surface area contributed by atoms with E-state index in [9.17, 15) is 9.59 Å². The minimum absolute atomic E-state index is 0.0896. The summed E-state index contributed by atoms with van der Waals surface area (Å²) < 4.78 is 12.6. The molecule has 0 unspecified atom stereocenters. The van der Waals surface area contributed by atoms with Crippen LogP contribution < -0.4 is 5.56 Å². The predicted molar refractivity (Wildman–Crippen MR) is 118 cm³/mol. The third-order valence-electron chi connectivity index (χ3n) is 4.88. The second kappa shape index (κ2) is 8.20. The van der Waals surface area contributed by atoms with Gasteiger partial charge in [0, 0.05) is 28.8 Å². The molecule has 158 valence electrons. The Balaban J connectivity index is 1.28. The minimum atomic E-state index is -0.518. The number of benzene rings is 2. The largest absolute Gasteiger partial charge is 0.456 e. The number of fused-ring (bicyclic) bond motifs is 1. The average molecular weight is 444 g/mol. The molecule has 0 saturated heterocycles. The van der Waals surface area contributed by atoms with Crippen molar-refractivity contribution in [3.05, 3.63) is 93.3 Å². The van der Waals surface area contributed by atoms with Crippen molar-refractivity contribution in [2.24, 2.45) is 0 Å². The highest BCUT2D eigenvalue weighted by Crippen LogP contribution is 2.26. The number of rotatable bonds is 5. The number of aromatic nitrogens is 4.